The first-order valence-electron chi connectivity index (χ1n) is 5.74. The zero-order valence-electron chi connectivity index (χ0n) is 10.3. The maximum atomic E-state index is 13.4. The van der Waals surface area contributed by atoms with Crippen LogP contribution < -0.4 is 0 Å². The van der Waals surface area contributed by atoms with Gasteiger partial charge in [0.2, 0.25) is 0 Å². The Morgan fingerprint density at radius 1 is 1.20 bits per heavy atom. The molecule has 0 spiro atoms. The lowest BCUT2D eigenvalue weighted by Crippen LogP contribution is -2.05. The molecule has 0 radical (unpaired) electrons. The Morgan fingerprint density at radius 2 is 1.95 bits per heavy atom. The molecule has 0 aliphatic rings. The van der Waals surface area contributed by atoms with Gasteiger partial charge in [0.15, 0.2) is 9.84 Å². The minimum Gasteiger partial charge on any atom is -0.243 e. The monoisotopic (exact) mass is 311 g/mol. The van der Waals surface area contributed by atoms with Gasteiger partial charge in [-0.25, -0.2) is 17.8 Å². The SMILES string of the molecule is O=S(=O)(CC=Cc1ccccc1F)c1ccc(Cl)nc1. The Bertz CT molecular complexity index is 727. The van der Waals surface area contributed by atoms with Crippen LogP contribution in [0.4, 0.5) is 4.39 Å². The van der Waals surface area contributed by atoms with E-state index in [2.05, 4.69) is 4.98 Å². The number of halogens is 2. The van der Waals surface area contributed by atoms with Crippen LogP contribution in [0.25, 0.3) is 6.08 Å². The number of aromatic nitrogens is 1. The molecule has 1 heterocycles. The van der Waals surface area contributed by atoms with Gasteiger partial charge in [0, 0.05) is 11.8 Å². The molecule has 2 aromatic rings. The molecule has 0 aliphatic heterocycles. The third-order valence-corrected chi connectivity index (χ3v) is 4.39. The van der Waals surface area contributed by atoms with Gasteiger partial charge < -0.3 is 0 Å². The van der Waals surface area contributed by atoms with Crippen molar-refractivity contribution >= 4 is 27.5 Å². The zero-order chi connectivity index (χ0) is 14.6. The summed E-state index contributed by atoms with van der Waals surface area (Å²) in [6, 6.07) is 8.94. The highest BCUT2D eigenvalue weighted by molar-refractivity contribution is 7.91. The van der Waals surface area contributed by atoms with E-state index in [1.807, 2.05) is 0 Å². The Hall–Kier alpha value is -1.72. The molecule has 0 unspecified atom stereocenters. The summed E-state index contributed by atoms with van der Waals surface area (Å²) in [6.45, 7) is 0. The quantitative estimate of drug-likeness (QED) is 0.813. The lowest BCUT2D eigenvalue weighted by atomic mass is 10.2. The van der Waals surface area contributed by atoms with E-state index in [-0.39, 0.29) is 15.8 Å². The molecule has 1 aromatic carbocycles. The molecule has 2 rings (SSSR count). The van der Waals surface area contributed by atoms with Gasteiger partial charge in [-0.1, -0.05) is 42.0 Å². The molecule has 6 heteroatoms. The van der Waals surface area contributed by atoms with E-state index >= 15 is 0 Å². The topological polar surface area (TPSA) is 47.0 Å². The number of benzene rings is 1. The van der Waals surface area contributed by atoms with Gasteiger partial charge in [0.05, 0.1) is 10.6 Å². The maximum Gasteiger partial charge on any atom is 0.183 e. The zero-order valence-corrected chi connectivity index (χ0v) is 11.9. The molecule has 0 fully saturated rings. The molecule has 0 bridgehead atoms. The normalized spacial score (nSPS) is 11.9. The van der Waals surface area contributed by atoms with Crippen LogP contribution in [0.5, 0.6) is 0 Å². The Balaban J connectivity index is 2.14. The largest absolute Gasteiger partial charge is 0.243 e. The van der Waals surface area contributed by atoms with Gasteiger partial charge in [-0.3, -0.25) is 0 Å². The summed E-state index contributed by atoms with van der Waals surface area (Å²) >= 11 is 5.60. The van der Waals surface area contributed by atoms with Gasteiger partial charge in [0.25, 0.3) is 0 Å². The average Bonchev–Trinajstić information content (AvgIpc) is 2.41. The second kappa shape index (κ2) is 6.15. The molecule has 0 amide bonds. The van der Waals surface area contributed by atoms with Gasteiger partial charge >= 0.3 is 0 Å². The first-order valence-corrected chi connectivity index (χ1v) is 7.77. The van der Waals surface area contributed by atoms with Crippen LogP contribution in [0.2, 0.25) is 5.15 Å². The number of sulfone groups is 1. The molecule has 0 saturated heterocycles. The molecular weight excluding hydrogens is 301 g/mol. The van der Waals surface area contributed by atoms with E-state index in [4.69, 9.17) is 11.6 Å². The number of hydrogen-bond donors (Lipinski definition) is 0. The summed E-state index contributed by atoms with van der Waals surface area (Å²) in [5.74, 6) is -0.626. The van der Waals surface area contributed by atoms with E-state index in [1.165, 1.54) is 36.5 Å². The molecule has 0 saturated carbocycles. The average molecular weight is 312 g/mol. The highest BCUT2D eigenvalue weighted by atomic mass is 35.5. The van der Waals surface area contributed by atoms with E-state index in [0.29, 0.717) is 5.56 Å². The Morgan fingerprint density at radius 3 is 2.60 bits per heavy atom. The predicted molar refractivity (Wildman–Crippen MR) is 76.7 cm³/mol. The smallest absolute Gasteiger partial charge is 0.183 e. The molecule has 1 aromatic heterocycles. The Labute approximate surface area is 121 Å². The van der Waals surface area contributed by atoms with Gasteiger partial charge in [-0.15, -0.1) is 0 Å². The van der Waals surface area contributed by atoms with Crippen LogP contribution in [-0.2, 0) is 9.84 Å². The van der Waals surface area contributed by atoms with Crippen LogP contribution in [0, 0.1) is 5.82 Å². The second-order valence-electron chi connectivity index (χ2n) is 4.02. The van der Waals surface area contributed by atoms with E-state index in [9.17, 15) is 12.8 Å². The van der Waals surface area contributed by atoms with E-state index in [0.717, 1.165) is 0 Å². The lowest BCUT2D eigenvalue weighted by Gasteiger charge is -2.01. The van der Waals surface area contributed by atoms with E-state index < -0.39 is 15.7 Å². The third-order valence-electron chi connectivity index (χ3n) is 2.58. The number of hydrogen-bond acceptors (Lipinski definition) is 3. The van der Waals surface area contributed by atoms with Crippen molar-refractivity contribution in [3.8, 4) is 0 Å². The highest BCUT2D eigenvalue weighted by Gasteiger charge is 2.12. The van der Waals surface area contributed by atoms with Crippen LogP contribution in [0.15, 0.2) is 53.6 Å². The first kappa shape index (κ1) is 14.7. The molecule has 0 aliphatic carbocycles. The fraction of sp³-hybridized carbons (Fsp3) is 0.0714. The minimum atomic E-state index is -3.49. The van der Waals surface area contributed by atoms with Crippen LogP contribution in [0.1, 0.15) is 5.56 Å². The number of pyridine rings is 1. The van der Waals surface area contributed by atoms with Gasteiger partial charge in [0.1, 0.15) is 11.0 Å². The van der Waals surface area contributed by atoms with Crippen molar-refractivity contribution in [3.05, 3.63) is 65.2 Å². The van der Waals surface area contributed by atoms with Gasteiger partial charge in [-0.05, 0) is 18.2 Å². The van der Waals surface area contributed by atoms with Crippen LogP contribution in [-0.4, -0.2) is 19.2 Å². The Kier molecular flexibility index (Phi) is 4.52. The molecular formula is C14H11ClFNO2S. The van der Waals surface area contributed by atoms with Crippen molar-refractivity contribution in [2.24, 2.45) is 0 Å². The molecule has 0 atom stereocenters. The van der Waals surface area contributed by atoms with Crippen molar-refractivity contribution in [2.45, 2.75) is 4.90 Å². The summed E-state index contributed by atoms with van der Waals surface area (Å²) in [4.78, 5) is 3.81. The van der Waals surface area contributed by atoms with Crippen molar-refractivity contribution in [1.29, 1.82) is 0 Å². The summed E-state index contributed by atoms with van der Waals surface area (Å²) in [7, 11) is -3.49. The van der Waals surface area contributed by atoms with Crippen molar-refractivity contribution in [1.82, 2.24) is 4.98 Å². The highest BCUT2D eigenvalue weighted by Crippen LogP contribution is 2.14. The predicted octanol–water partition coefficient (Wildman–Crippen LogP) is 3.36. The first-order chi connectivity index (χ1) is 9.49. The standard InChI is InChI=1S/C14H11ClFNO2S/c15-14-8-7-12(10-17-14)20(18,19)9-3-5-11-4-1-2-6-13(11)16/h1-8,10H,9H2. The number of nitrogens with zero attached hydrogens (tertiary/aromatic N) is 1. The van der Waals surface area contributed by atoms with Crippen LogP contribution >= 0.6 is 11.6 Å². The van der Waals surface area contributed by atoms with Crippen molar-refractivity contribution < 1.29 is 12.8 Å². The third kappa shape index (κ3) is 3.65. The van der Waals surface area contributed by atoms with Crippen LogP contribution in [0.3, 0.4) is 0 Å². The fourth-order valence-corrected chi connectivity index (χ4v) is 2.70. The summed E-state index contributed by atoms with van der Waals surface area (Å²) < 4.78 is 37.3. The molecule has 3 nitrogen and oxygen atoms in total. The van der Waals surface area contributed by atoms with Crippen molar-refractivity contribution in [2.75, 3.05) is 5.75 Å². The summed E-state index contributed by atoms with van der Waals surface area (Å²) in [5, 5.41) is 0.228. The van der Waals surface area contributed by atoms with Gasteiger partial charge in [-0.2, -0.15) is 0 Å². The number of rotatable bonds is 4. The molecule has 104 valence electrons. The molecule has 20 heavy (non-hydrogen) atoms. The second-order valence-corrected chi connectivity index (χ2v) is 6.44. The lowest BCUT2D eigenvalue weighted by molar-refractivity contribution is 0.598. The summed E-state index contributed by atoms with van der Waals surface area (Å²) in [5.41, 5.74) is 0.344. The summed E-state index contributed by atoms with van der Waals surface area (Å²) in [6.07, 6.45) is 4.05. The minimum absolute atomic E-state index is 0.0834. The van der Waals surface area contributed by atoms with E-state index in [1.54, 1.807) is 18.2 Å². The fourth-order valence-electron chi connectivity index (χ4n) is 1.55. The maximum absolute atomic E-state index is 13.4. The molecule has 0 N–H and O–H groups in total. The van der Waals surface area contributed by atoms with Crippen molar-refractivity contribution in [3.63, 3.8) is 0 Å².